The fourth-order valence-electron chi connectivity index (χ4n) is 4.01. The standard InChI is InChI=1S/C23H22FN7O2/c1-33-18-8-5-14(11-25-18)29-17-7-6-15(21(24)30-17)20(32)16-12-26-22-19(16)23(28-13-27-22)31-9-3-2-4-10-31/h5-8,11-13H,2-4,9-10H2,1H3,(H,29,30)(H,26,27,28). The predicted molar refractivity (Wildman–Crippen MR) is 122 cm³/mol. The minimum Gasteiger partial charge on any atom is -0.481 e. The van der Waals surface area contributed by atoms with Crippen LogP contribution in [0.2, 0.25) is 0 Å². The van der Waals surface area contributed by atoms with Gasteiger partial charge in [-0.3, -0.25) is 4.79 Å². The molecule has 0 bridgehead atoms. The first-order valence-electron chi connectivity index (χ1n) is 10.7. The summed E-state index contributed by atoms with van der Waals surface area (Å²) in [5, 5.41) is 3.57. The Bertz CT molecular complexity index is 1300. The van der Waals surface area contributed by atoms with Crippen LogP contribution in [0.4, 0.5) is 21.7 Å². The third-order valence-corrected chi connectivity index (χ3v) is 5.66. The van der Waals surface area contributed by atoms with E-state index in [1.54, 1.807) is 30.6 Å². The zero-order valence-electron chi connectivity index (χ0n) is 18.0. The third kappa shape index (κ3) is 4.07. The van der Waals surface area contributed by atoms with E-state index in [1.165, 1.54) is 25.9 Å². The summed E-state index contributed by atoms with van der Waals surface area (Å²) in [4.78, 5) is 35.2. The molecule has 0 unspecified atom stereocenters. The molecule has 9 nitrogen and oxygen atoms in total. The normalized spacial score (nSPS) is 13.8. The zero-order chi connectivity index (χ0) is 22.8. The second-order valence-corrected chi connectivity index (χ2v) is 7.75. The number of fused-ring (bicyclic) bond motifs is 1. The second-order valence-electron chi connectivity index (χ2n) is 7.75. The molecule has 0 aliphatic carbocycles. The number of nitrogens with one attached hydrogen (secondary N) is 2. The average Bonchev–Trinajstić information content (AvgIpc) is 3.29. The summed E-state index contributed by atoms with van der Waals surface area (Å²) in [5.41, 5.74) is 1.36. The van der Waals surface area contributed by atoms with Crippen molar-refractivity contribution in [1.29, 1.82) is 0 Å². The van der Waals surface area contributed by atoms with Crippen LogP contribution in [0, 0.1) is 5.95 Å². The minimum absolute atomic E-state index is 0.122. The van der Waals surface area contributed by atoms with Crippen LogP contribution in [0.25, 0.3) is 11.0 Å². The Labute approximate surface area is 189 Å². The van der Waals surface area contributed by atoms with Gasteiger partial charge in [-0.05, 0) is 37.5 Å². The number of pyridine rings is 2. The molecule has 168 valence electrons. The molecule has 4 aromatic heterocycles. The molecular weight excluding hydrogens is 425 g/mol. The van der Waals surface area contributed by atoms with Crippen molar-refractivity contribution < 1.29 is 13.9 Å². The van der Waals surface area contributed by atoms with Gasteiger partial charge in [-0.25, -0.2) is 19.9 Å². The number of carbonyl (C=O) groups excluding carboxylic acids is 1. The van der Waals surface area contributed by atoms with E-state index in [0.29, 0.717) is 34.0 Å². The lowest BCUT2D eigenvalue weighted by atomic mass is 10.0. The highest BCUT2D eigenvalue weighted by Crippen LogP contribution is 2.30. The number of aromatic amines is 1. The van der Waals surface area contributed by atoms with Crippen LogP contribution in [-0.2, 0) is 0 Å². The van der Waals surface area contributed by atoms with Gasteiger partial charge in [-0.2, -0.15) is 4.39 Å². The van der Waals surface area contributed by atoms with Crippen molar-refractivity contribution >= 4 is 34.1 Å². The second kappa shape index (κ2) is 8.81. The van der Waals surface area contributed by atoms with E-state index in [0.717, 1.165) is 25.9 Å². The van der Waals surface area contributed by atoms with E-state index in [-0.39, 0.29) is 11.4 Å². The Morgan fingerprint density at radius 2 is 1.94 bits per heavy atom. The fourth-order valence-corrected chi connectivity index (χ4v) is 4.01. The molecular formula is C23H22FN7O2. The molecule has 5 heterocycles. The predicted octanol–water partition coefficient (Wildman–Crippen LogP) is 3.86. The van der Waals surface area contributed by atoms with Crippen LogP contribution < -0.4 is 15.0 Å². The number of aromatic nitrogens is 5. The number of anilines is 3. The summed E-state index contributed by atoms with van der Waals surface area (Å²) >= 11 is 0. The molecule has 0 saturated carbocycles. The van der Waals surface area contributed by atoms with Gasteiger partial charge in [0.25, 0.3) is 0 Å². The quantitative estimate of drug-likeness (QED) is 0.339. The van der Waals surface area contributed by atoms with Crippen molar-refractivity contribution in [2.45, 2.75) is 19.3 Å². The summed E-state index contributed by atoms with van der Waals surface area (Å²) in [6.07, 6.45) is 7.89. The molecule has 1 fully saturated rings. The highest BCUT2D eigenvalue weighted by molar-refractivity contribution is 6.18. The van der Waals surface area contributed by atoms with Gasteiger partial charge in [0.05, 0.1) is 35.5 Å². The monoisotopic (exact) mass is 447 g/mol. The summed E-state index contributed by atoms with van der Waals surface area (Å²) in [6.45, 7) is 1.73. The molecule has 1 saturated heterocycles. The number of piperidine rings is 1. The summed E-state index contributed by atoms with van der Waals surface area (Å²) in [6, 6.07) is 6.39. The molecule has 0 aromatic carbocycles. The lowest BCUT2D eigenvalue weighted by molar-refractivity contribution is 0.103. The van der Waals surface area contributed by atoms with Crippen molar-refractivity contribution in [2.75, 3.05) is 30.4 Å². The van der Waals surface area contributed by atoms with Gasteiger partial charge in [0.1, 0.15) is 23.6 Å². The van der Waals surface area contributed by atoms with Gasteiger partial charge in [0, 0.05) is 25.4 Å². The molecule has 2 N–H and O–H groups in total. The van der Waals surface area contributed by atoms with Crippen molar-refractivity contribution in [3.8, 4) is 5.88 Å². The molecule has 5 rings (SSSR count). The first kappa shape index (κ1) is 20.8. The maximum absolute atomic E-state index is 14.9. The molecule has 33 heavy (non-hydrogen) atoms. The van der Waals surface area contributed by atoms with Crippen LogP contribution in [0.1, 0.15) is 35.2 Å². The number of ketones is 1. The van der Waals surface area contributed by atoms with Gasteiger partial charge < -0.3 is 19.9 Å². The minimum atomic E-state index is -0.864. The van der Waals surface area contributed by atoms with Gasteiger partial charge in [0.15, 0.2) is 5.78 Å². The Morgan fingerprint density at radius 1 is 1.09 bits per heavy atom. The van der Waals surface area contributed by atoms with E-state index >= 15 is 0 Å². The van der Waals surface area contributed by atoms with Crippen molar-refractivity contribution in [3.63, 3.8) is 0 Å². The highest BCUT2D eigenvalue weighted by atomic mass is 19.1. The number of carbonyl (C=O) groups is 1. The lowest BCUT2D eigenvalue weighted by Crippen LogP contribution is -2.30. The Balaban J connectivity index is 1.44. The number of ether oxygens (including phenoxy) is 1. The molecule has 0 radical (unpaired) electrons. The van der Waals surface area contributed by atoms with Crippen molar-refractivity contribution in [3.05, 3.63) is 60.1 Å². The van der Waals surface area contributed by atoms with Crippen LogP contribution in [0.5, 0.6) is 5.88 Å². The number of hydrogen-bond donors (Lipinski definition) is 2. The Kier molecular flexibility index (Phi) is 5.55. The number of methoxy groups -OCH3 is 1. The number of nitrogens with zero attached hydrogens (tertiary/aromatic N) is 5. The topological polar surface area (TPSA) is 109 Å². The number of rotatable bonds is 6. The first-order valence-corrected chi connectivity index (χ1v) is 10.7. The third-order valence-electron chi connectivity index (χ3n) is 5.66. The van der Waals surface area contributed by atoms with E-state index in [9.17, 15) is 9.18 Å². The molecule has 1 aliphatic heterocycles. The summed E-state index contributed by atoms with van der Waals surface area (Å²) in [7, 11) is 1.53. The summed E-state index contributed by atoms with van der Waals surface area (Å²) < 4.78 is 19.9. The largest absolute Gasteiger partial charge is 0.481 e. The Hall–Kier alpha value is -4.08. The smallest absolute Gasteiger partial charge is 0.226 e. The molecule has 10 heteroatoms. The maximum Gasteiger partial charge on any atom is 0.226 e. The number of H-pyrrole nitrogens is 1. The number of halogens is 1. The summed E-state index contributed by atoms with van der Waals surface area (Å²) in [5.74, 6) is 0.0803. The number of hydrogen-bond acceptors (Lipinski definition) is 8. The van der Waals surface area contributed by atoms with Gasteiger partial charge in [-0.1, -0.05) is 0 Å². The van der Waals surface area contributed by atoms with Gasteiger partial charge >= 0.3 is 0 Å². The molecule has 4 aromatic rings. The average molecular weight is 447 g/mol. The molecule has 0 atom stereocenters. The maximum atomic E-state index is 14.9. The lowest BCUT2D eigenvalue weighted by Gasteiger charge is -2.28. The van der Waals surface area contributed by atoms with Gasteiger partial charge in [0.2, 0.25) is 11.8 Å². The van der Waals surface area contributed by atoms with E-state index in [1.807, 2.05) is 0 Å². The SMILES string of the molecule is COc1ccc(Nc2ccc(C(=O)c3c[nH]c4ncnc(N5CCCCC5)c34)c(F)n2)cn1. The fraction of sp³-hybridized carbons (Fsp3) is 0.261. The van der Waals surface area contributed by atoms with Crippen LogP contribution in [0.15, 0.2) is 43.0 Å². The molecule has 0 spiro atoms. The van der Waals surface area contributed by atoms with E-state index < -0.39 is 11.7 Å². The van der Waals surface area contributed by atoms with Crippen LogP contribution in [-0.4, -0.2) is 50.9 Å². The van der Waals surface area contributed by atoms with Crippen LogP contribution >= 0.6 is 0 Å². The highest BCUT2D eigenvalue weighted by Gasteiger charge is 2.24. The van der Waals surface area contributed by atoms with Crippen molar-refractivity contribution in [2.24, 2.45) is 0 Å². The van der Waals surface area contributed by atoms with Gasteiger partial charge in [-0.15, -0.1) is 0 Å². The molecule has 0 amide bonds. The first-order chi connectivity index (χ1) is 16.1. The molecule has 1 aliphatic rings. The van der Waals surface area contributed by atoms with E-state index in [4.69, 9.17) is 4.74 Å². The van der Waals surface area contributed by atoms with Crippen molar-refractivity contribution in [1.82, 2.24) is 24.9 Å². The van der Waals surface area contributed by atoms with E-state index in [2.05, 4.69) is 35.1 Å². The zero-order valence-corrected chi connectivity index (χ0v) is 18.0. The Morgan fingerprint density at radius 3 is 2.67 bits per heavy atom. The van der Waals surface area contributed by atoms with Crippen LogP contribution in [0.3, 0.4) is 0 Å².